The molecule has 1 aliphatic heterocycles. The van der Waals surface area contributed by atoms with E-state index in [-0.39, 0.29) is 5.91 Å². The zero-order valence-corrected chi connectivity index (χ0v) is 11.6. The molecule has 0 spiro atoms. The van der Waals surface area contributed by atoms with Crippen molar-refractivity contribution in [3.8, 4) is 0 Å². The molecular formula is C14H20N2OS. The van der Waals surface area contributed by atoms with Crippen LogP contribution in [0.3, 0.4) is 0 Å². The number of amides is 1. The quantitative estimate of drug-likeness (QED) is 0.905. The van der Waals surface area contributed by atoms with Gasteiger partial charge in [0, 0.05) is 19.1 Å². The van der Waals surface area contributed by atoms with Crippen molar-refractivity contribution in [3.63, 3.8) is 0 Å². The van der Waals surface area contributed by atoms with Crippen molar-refractivity contribution in [2.75, 3.05) is 19.6 Å². The van der Waals surface area contributed by atoms with Crippen molar-refractivity contribution in [1.82, 2.24) is 10.2 Å². The third-order valence-electron chi connectivity index (χ3n) is 4.00. The summed E-state index contributed by atoms with van der Waals surface area (Å²) in [6.45, 7) is 5.23. The van der Waals surface area contributed by atoms with Crippen molar-refractivity contribution in [2.24, 2.45) is 5.92 Å². The van der Waals surface area contributed by atoms with Crippen molar-refractivity contribution < 1.29 is 4.79 Å². The van der Waals surface area contributed by atoms with Gasteiger partial charge in [0.25, 0.3) is 5.91 Å². The van der Waals surface area contributed by atoms with Gasteiger partial charge in [0.1, 0.15) is 0 Å². The van der Waals surface area contributed by atoms with Crippen LogP contribution in [-0.4, -0.2) is 36.5 Å². The van der Waals surface area contributed by atoms with Gasteiger partial charge in [-0.15, -0.1) is 11.3 Å². The van der Waals surface area contributed by atoms with Crippen LogP contribution < -0.4 is 5.32 Å². The Morgan fingerprint density at radius 3 is 3.00 bits per heavy atom. The lowest BCUT2D eigenvalue weighted by molar-refractivity contribution is 0.0951. The maximum atomic E-state index is 12.0. The number of thiophene rings is 1. The van der Waals surface area contributed by atoms with Gasteiger partial charge in [-0.25, -0.2) is 0 Å². The molecule has 2 fully saturated rings. The lowest BCUT2D eigenvalue weighted by atomic mass is 10.1. The lowest BCUT2D eigenvalue weighted by Crippen LogP contribution is -2.31. The van der Waals surface area contributed by atoms with E-state index in [1.165, 1.54) is 43.7 Å². The molecule has 1 aromatic rings. The SMILES string of the molecule is Cc1ccsc1C(=O)NC[C@@H]1CCN(C2CC2)C1. The summed E-state index contributed by atoms with van der Waals surface area (Å²) in [5.74, 6) is 0.752. The fourth-order valence-electron chi connectivity index (χ4n) is 2.72. The summed E-state index contributed by atoms with van der Waals surface area (Å²) in [6.07, 6.45) is 4.00. The van der Waals surface area contributed by atoms with Gasteiger partial charge < -0.3 is 10.2 Å². The summed E-state index contributed by atoms with van der Waals surface area (Å²) in [7, 11) is 0. The molecule has 0 aromatic carbocycles. The van der Waals surface area contributed by atoms with E-state index in [4.69, 9.17) is 0 Å². The second-order valence-corrected chi connectivity index (χ2v) is 6.44. The smallest absolute Gasteiger partial charge is 0.261 e. The number of nitrogens with one attached hydrogen (secondary N) is 1. The number of rotatable bonds is 4. The molecule has 3 rings (SSSR count). The first-order valence-corrected chi connectivity index (χ1v) is 7.68. The van der Waals surface area contributed by atoms with Crippen LogP contribution in [0.2, 0.25) is 0 Å². The second-order valence-electron chi connectivity index (χ2n) is 5.52. The van der Waals surface area contributed by atoms with E-state index in [0.717, 1.165) is 23.0 Å². The minimum atomic E-state index is 0.104. The predicted octanol–water partition coefficient (Wildman–Crippen LogP) is 2.27. The average molecular weight is 264 g/mol. The highest BCUT2D eigenvalue weighted by atomic mass is 32.1. The van der Waals surface area contributed by atoms with Gasteiger partial charge >= 0.3 is 0 Å². The van der Waals surface area contributed by atoms with E-state index < -0.39 is 0 Å². The molecule has 1 aromatic heterocycles. The Bertz CT molecular complexity index is 439. The molecule has 0 bridgehead atoms. The van der Waals surface area contributed by atoms with Gasteiger partial charge in [0.2, 0.25) is 0 Å². The standard InChI is InChI=1S/C14H20N2OS/c1-10-5-7-18-13(10)14(17)15-8-11-4-6-16(9-11)12-2-3-12/h5,7,11-12H,2-4,6,8-9H2,1H3,(H,15,17)/t11-/m0/s1. The van der Waals surface area contributed by atoms with E-state index in [1.54, 1.807) is 0 Å². The Balaban J connectivity index is 1.47. The molecule has 1 amide bonds. The molecule has 0 radical (unpaired) electrons. The monoisotopic (exact) mass is 264 g/mol. The molecule has 1 atom stereocenters. The Kier molecular flexibility index (Phi) is 3.39. The predicted molar refractivity (Wildman–Crippen MR) is 74.1 cm³/mol. The van der Waals surface area contributed by atoms with Crippen molar-refractivity contribution in [3.05, 3.63) is 21.9 Å². The van der Waals surface area contributed by atoms with E-state index >= 15 is 0 Å². The zero-order chi connectivity index (χ0) is 12.5. The number of hydrogen-bond donors (Lipinski definition) is 1. The Morgan fingerprint density at radius 2 is 2.33 bits per heavy atom. The first-order valence-electron chi connectivity index (χ1n) is 6.80. The summed E-state index contributed by atoms with van der Waals surface area (Å²) in [5.41, 5.74) is 1.09. The van der Waals surface area contributed by atoms with E-state index in [2.05, 4.69) is 10.2 Å². The fourth-order valence-corrected chi connectivity index (χ4v) is 3.56. The van der Waals surface area contributed by atoms with Gasteiger partial charge in [-0.05, 0) is 55.7 Å². The Labute approximate surface area is 112 Å². The largest absolute Gasteiger partial charge is 0.351 e. The van der Waals surface area contributed by atoms with Crippen LogP contribution in [0.1, 0.15) is 34.5 Å². The molecule has 1 saturated heterocycles. The van der Waals surface area contributed by atoms with Crippen LogP contribution in [0.25, 0.3) is 0 Å². The molecule has 1 aliphatic carbocycles. The summed E-state index contributed by atoms with van der Waals surface area (Å²) in [5, 5.41) is 5.07. The summed E-state index contributed by atoms with van der Waals surface area (Å²) in [4.78, 5) is 15.5. The third kappa shape index (κ3) is 2.59. The highest BCUT2D eigenvalue weighted by molar-refractivity contribution is 7.12. The molecule has 98 valence electrons. The molecular weight excluding hydrogens is 244 g/mol. The number of likely N-dealkylation sites (tertiary alicyclic amines) is 1. The Hall–Kier alpha value is -0.870. The summed E-state index contributed by atoms with van der Waals surface area (Å²) in [6, 6.07) is 2.87. The van der Waals surface area contributed by atoms with Crippen LogP contribution >= 0.6 is 11.3 Å². The molecule has 1 saturated carbocycles. The molecule has 4 heteroatoms. The van der Waals surface area contributed by atoms with E-state index in [0.29, 0.717) is 5.92 Å². The van der Waals surface area contributed by atoms with Crippen LogP contribution in [0.4, 0.5) is 0 Å². The number of nitrogens with zero attached hydrogens (tertiary/aromatic N) is 1. The normalized spacial score (nSPS) is 24.4. The first-order chi connectivity index (χ1) is 8.74. The minimum Gasteiger partial charge on any atom is -0.351 e. The molecule has 3 nitrogen and oxygen atoms in total. The molecule has 18 heavy (non-hydrogen) atoms. The first kappa shape index (κ1) is 12.2. The van der Waals surface area contributed by atoms with E-state index in [9.17, 15) is 4.79 Å². The second kappa shape index (κ2) is 5.02. The van der Waals surface area contributed by atoms with Crippen LogP contribution in [0, 0.1) is 12.8 Å². The van der Waals surface area contributed by atoms with Crippen LogP contribution in [-0.2, 0) is 0 Å². The van der Waals surface area contributed by atoms with Crippen LogP contribution in [0.15, 0.2) is 11.4 Å². The highest BCUT2D eigenvalue weighted by Crippen LogP contribution is 2.31. The van der Waals surface area contributed by atoms with Gasteiger partial charge in [-0.1, -0.05) is 0 Å². The third-order valence-corrected chi connectivity index (χ3v) is 5.02. The average Bonchev–Trinajstić information content (AvgIpc) is 2.95. The number of carbonyl (C=O) groups is 1. The van der Waals surface area contributed by atoms with Crippen molar-refractivity contribution >= 4 is 17.2 Å². The van der Waals surface area contributed by atoms with Gasteiger partial charge in [-0.3, -0.25) is 4.79 Å². The highest BCUT2D eigenvalue weighted by Gasteiger charge is 2.34. The van der Waals surface area contributed by atoms with E-state index in [1.807, 2.05) is 18.4 Å². The topological polar surface area (TPSA) is 32.3 Å². The fraction of sp³-hybridized carbons (Fsp3) is 0.643. The van der Waals surface area contributed by atoms with Crippen molar-refractivity contribution in [2.45, 2.75) is 32.2 Å². The van der Waals surface area contributed by atoms with Gasteiger partial charge in [-0.2, -0.15) is 0 Å². The maximum Gasteiger partial charge on any atom is 0.261 e. The summed E-state index contributed by atoms with van der Waals surface area (Å²) >= 11 is 1.53. The lowest BCUT2D eigenvalue weighted by Gasteiger charge is -2.15. The number of aryl methyl sites for hydroxylation is 1. The van der Waals surface area contributed by atoms with Gasteiger partial charge in [0.05, 0.1) is 4.88 Å². The maximum absolute atomic E-state index is 12.0. The molecule has 0 unspecified atom stereocenters. The summed E-state index contributed by atoms with van der Waals surface area (Å²) < 4.78 is 0. The van der Waals surface area contributed by atoms with Crippen molar-refractivity contribution in [1.29, 1.82) is 0 Å². The zero-order valence-electron chi connectivity index (χ0n) is 10.8. The van der Waals surface area contributed by atoms with Crippen LogP contribution in [0.5, 0.6) is 0 Å². The minimum absolute atomic E-state index is 0.104. The molecule has 2 heterocycles. The molecule has 2 aliphatic rings. The van der Waals surface area contributed by atoms with Gasteiger partial charge in [0.15, 0.2) is 0 Å². The molecule has 1 N–H and O–H groups in total. The number of carbonyl (C=O) groups excluding carboxylic acids is 1. The Morgan fingerprint density at radius 1 is 1.50 bits per heavy atom. The number of hydrogen-bond acceptors (Lipinski definition) is 3.